The first kappa shape index (κ1) is 11.0. The molecule has 0 amide bonds. The van der Waals surface area contributed by atoms with Gasteiger partial charge in [-0.2, -0.15) is 0 Å². The number of carbonyl (C=O) groups is 1. The Balaban J connectivity index is 2.61. The highest BCUT2D eigenvalue weighted by Gasteiger charge is 2.41. The fraction of sp³-hybridized carbons (Fsp3) is 0.889. The Labute approximate surface area is 86.6 Å². The van der Waals surface area contributed by atoms with Crippen LogP contribution in [0.3, 0.4) is 0 Å². The van der Waals surface area contributed by atoms with Crippen LogP contribution in [0.2, 0.25) is 0 Å². The van der Waals surface area contributed by atoms with E-state index in [2.05, 4.69) is 15.9 Å². The third-order valence-electron chi connectivity index (χ3n) is 2.51. The first-order valence-corrected chi connectivity index (χ1v) is 5.37. The van der Waals surface area contributed by atoms with Crippen LogP contribution in [0.4, 0.5) is 0 Å². The maximum absolute atomic E-state index is 10.8. The van der Waals surface area contributed by atoms with Crippen LogP contribution in [0.5, 0.6) is 0 Å². The fourth-order valence-corrected chi connectivity index (χ4v) is 2.25. The molecule has 0 spiro atoms. The van der Waals surface area contributed by atoms with Gasteiger partial charge in [0.2, 0.25) is 0 Å². The molecule has 0 aromatic rings. The molecule has 0 saturated heterocycles. The number of aliphatic hydroxyl groups excluding tert-OH is 1. The van der Waals surface area contributed by atoms with E-state index in [-0.39, 0.29) is 5.97 Å². The van der Waals surface area contributed by atoms with Gasteiger partial charge in [-0.3, -0.25) is 4.79 Å². The van der Waals surface area contributed by atoms with Crippen LogP contribution in [0.25, 0.3) is 0 Å². The minimum atomic E-state index is -0.684. The van der Waals surface area contributed by atoms with Gasteiger partial charge in [-0.25, -0.2) is 0 Å². The van der Waals surface area contributed by atoms with Gasteiger partial charge < -0.3 is 9.84 Å². The minimum absolute atomic E-state index is 0.324. The standard InChI is InChI=1S/C9H15BrO3/c1-6(11)13-9(2)4-3-7(10)5-8(9)12/h7-8,12H,3-5H2,1-2H3/t7-,8-,9-/m1/s1. The molecular formula is C9H15BrO3. The van der Waals surface area contributed by atoms with Crippen LogP contribution in [-0.2, 0) is 9.53 Å². The number of ether oxygens (including phenoxy) is 1. The van der Waals surface area contributed by atoms with Crippen molar-refractivity contribution in [1.29, 1.82) is 0 Å². The first-order valence-electron chi connectivity index (χ1n) is 4.46. The molecule has 0 aromatic heterocycles. The van der Waals surface area contributed by atoms with Crippen LogP contribution in [0.15, 0.2) is 0 Å². The van der Waals surface area contributed by atoms with Gasteiger partial charge in [0, 0.05) is 11.8 Å². The van der Waals surface area contributed by atoms with Crippen molar-refractivity contribution < 1.29 is 14.6 Å². The summed E-state index contributed by atoms with van der Waals surface area (Å²) in [6.45, 7) is 3.16. The average Bonchev–Trinajstić information content (AvgIpc) is 1.97. The van der Waals surface area contributed by atoms with Crippen LogP contribution >= 0.6 is 15.9 Å². The number of alkyl halides is 1. The van der Waals surface area contributed by atoms with Crippen molar-refractivity contribution >= 4 is 21.9 Å². The zero-order valence-electron chi connectivity index (χ0n) is 7.92. The number of carbonyl (C=O) groups excluding carboxylic acids is 1. The smallest absolute Gasteiger partial charge is 0.303 e. The summed E-state index contributed by atoms with van der Waals surface area (Å²) >= 11 is 3.45. The van der Waals surface area contributed by atoms with Gasteiger partial charge in [0.1, 0.15) is 5.60 Å². The second kappa shape index (κ2) is 3.96. The molecule has 1 aliphatic carbocycles. The largest absolute Gasteiger partial charge is 0.457 e. The Morgan fingerprint density at radius 1 is 1.69 bits per heavy atom. The molecule has 0 unspecified atom stereocenters. The highest BCUT2D eigenvalue weighted by atomic mass is 79.9. The van der Waals surface area contributed by atoms with E-state index < -0.39 is 11.7 Å². The molecule has 3 nitrogen and oxygen atoms in total. The second-order valence-electron chi connectivity index (χ2n) is 3.79. The number of halogens is 1. The zero-order valence-corrected chi connectivity index (χ0v) is 9.50. The first-order chi connectivity index (χ1) is 5.94. The Morgan fingerprint density at radius 2 is 2.31 bits per heavy atom. The van der Waals surface area contributed by atoms with Crippen molar-refractivity contribution in [3.63, 3.8) is 0 Å². The van der Waals surface area contributed by atoms with Crippen molar-refractivity contribution in [3.8, 4) is 0 Å². The van der Waals surface area contributed by atoms with E-state index in [1.807, 2.05) is 0 Å². The van der Waals surface area contributed by atoms with Crippen molar-refractivity contribution in [3.05, 3.63) is 0 Å². The van der Waals surface area contributed by atoms with Gasteiger partial charge in [-0.15, -0.1) is 0 Å². The van der Waals surface area contributed by atoms with Crippen LogP contribution in [0, 0.1) is 0 Å². The molecule has 1 N–H and O–H groups in total. The molecule has 0 heterocycles. The minimum Gasteiger partial charge on any atom is -0.457 e. The normalized spacial score (nSPS) is 40.0. The number of rotatable bonds is 1. The Hall–Kier alpha value is -0.0900. The Morgan fingerprint density at radius 3 is 2.77 bits per heavy atom. The summed E-state index contributed by atoms with van der Waals surface area (Å²) in [6, 6.07) is 0. The summed E-state index contributed by atoms with van der Waals surface area (Å²) in [5.41, 5.74) is -0.684. The number of esters is 1. The van der Waals surface area contributed by atoms with Crippen molar-refractivity contribution in [2.45, 2.75) is 49.6 Å². The molecule has 1 rings (SSSR count). The average molecular weight is 251 g/mol. The van der Waals surface area contributed by atoms with Gasteiger partial charge in [-0.1, -0.05) is 15.9 Å². The van der Waals surface area contributed by atoms with Gasteiger partial charge in [-0.05, 0) is 26.2 Å². The van der Waals surface area contributed by atoms with Crippen LogP contribution in [0.1, 0.15) is 33.1 Å². The fourth-order valence-electron chi connectivity index (χ4n) is 1.67. The molecule has 3 atom stereocenters. The lowest BCUT2D eigenvalue weighted by molar-refractivity contribution is -0.173. The molecule has 76 valence electrons. The van der Waals surface area contributed by atoms with Crippen molar-refractivity contribution in [2.75, 3.05) is 0 Å². The van der Waals surface area contributed by atoms with Crippen LogP contribution < -0.4 is 0 Å². The van der Waals surface area contributed by atoms with Crippen molar-refractivity contribution in [2.24, 2.45) is 0 Å². The van der Waals surface area contributed by atoms with E-state index >= 15 is 0 Å². The van der Waals surface area contributed by atoms with Crippen LogP contribution in [-0.4, -0.2) is 27.6 Å². The van der Waals surface area contributed by atoms with E-state index in [0.29, 0.717) is 17.7 Å². The number of hydrogen-bond donors (Lipinski definition) is 1. The molecule has 1 aliphatic rings. The predicted molar refractivity (Wildman–Crippen MR) is 52.7 cm³/mol. The third-order valence-corrected chi connectivity index (χ3v) is 3.35. The second-order valence-corrected chi connectivity index (χ2v) is 5.09. The van der Waals surface area contributed by atoms with E-state index in [4.69, 9.17) is 4.74 Å². The lowest BCUT2D eigenvalue weighted by Crippen LogP contribution is -2.47. The highest BCUT2D eigenvalue weighted by Crippen LogP contribution is 2.34. The van der Waals surface area contributed by atoms with Gasteiger partial charge in [0.25, 0.3) is 0 Å². The lowest BCUT2D eigenvalue weighted by Gasteiger charge is -2.39. The summed E-state index contributed by atoms with van der Waals surface area (Å²) in [6.07, 6.45) is 1.73. The zero-order chi connectivity index (χ0) is 10.1. The third kappa shape index (κ3) is 2.68. The maximum Gasteiger partial charge on any atom is 0.303 e. The Bertz CT molecular complexity index is 207. The van der Waals surface area contributed by atoms with E-state index in [9.17, 15) is 9.90 Å². The van der Waals surface area contributed by atoms with E-state index in [0.717, 1.165) is 6.42 Å². The predicted octanol–water partition coefficient (Wildman–Crippen LogP) is 1.62. The van der Waals surface area contributed by atoms with E-state index in [1.165, 1.54) is 6.92 Å². The van der Waals surface area contributed by atoms with Gasteiger partial charge in [0.15, 0.2) is 0 Å². The molecule has 1 fully saturated rings. The summed E-state index contributed by atoms with van der Waals surface area (Å²) in [7, 11) is 0. The monoisotopic (exact) mass is 250 g/mol. The molecular weight excluding hydrogens is 236 g/mol. The maximum atomic E-state index is 10.8. The molecule has 0 aliphatic heterocycles. The summed E-state index contributed by atoms with van der Waals surface area (Å²) in [5, 5.41) is 9.74. The quantitative estimate of drug-likeness (QED) is 0.569. The number of aliphatic hydroxyl groups is 1. The van der Waals surface area contributed by atoms with E-state index in [1.54, 1.807) is 6.92 Å². The lowest BCUT2D eigenvalue weighted by atomic mass is 9.83. The molecule has 0 aromatic carbocycles. The number of hydrogen-bond acceptors (Lipinski definition) is 3. The summed E-state index contributed by atoms with van der Waals surface area (Å²) in [4.78, 5) is 11.1. The summed E-state index contributed by atoms with van der Waals surface area (Å²) < 4.78 is 5.13. The molecule has 0 radical (unpaired) electrons. The Kier molecular flexibility index (Phi) is 3.35. The molecule has 13 heavy (non-hydrogen) atoms. The van der Waals surface area contributed by atoms with Gasteiger partial charge >= 0.3 is 5.97 Å². The van der Waals surface area contributed by atoms with Crippen molar-refractivity contribution in [1.82, 2.24) is 0 Å². The van der Waals surface area contributed by atoms with Gasteiger partial charge in [0.05, 0.1) is 6.10 Å². The topological polar surface area (TPSA) is 46.5 Å². The molecule has 0 bridgehead atoms. The molecule has 1 saturated carbocycles. The molecule has 4 heteroatoms. The SMILES string of the molecule is CC(=O)O[C@]1(C)CC[C@@H](Br)C[C@H]1O. The summed E-state index contributed by atoms with van der Waals surface area (Å²) in [5.74, 6) is -0.324. The highest BCUT2D eigenvalue weighted by molar-refractivity contribution is 9.09.